The van der Waals surface area contributed by atoms with Crippen molar-refractivity contribution in [2.45, 2.75) is 25.6 Å². The van der Waals surface area contributed by atoms with Crippen LogP contribution in [0, 0.1) is 0 Å². The molecule has 0 aliphatic carbocycles. The Balaban J connectivity index is 1.81. The van der Waals surface area contributed by atoms with Crippen molar-refractivity contribution in [2.24, 2.45) is 0 Å². The van der Waals surface area contributed by atoms with E-state index in [0.29, 0.717) is 12.7 Å². The first-order chi connectivity index (χ1) is 7.34. The van der Waals surface area contributed by atoms with E-state index in [1.807, 2.05) is 12.1 Å². The summed E-state index contributed by atoms with van der Waals surface area (Å²) in [6, 6.07) is 3.98. The molecule has 0 aromatic carbocycles. The number of aromatic nitrogens is 1. The van der Waals surface area contributed by atoms with Crippen molar-refractivity contribution in [2.75, 3.05) is 13.1 Å². The van der Waals surface area contributed by atoms with Gasteiger partial charge in [0, 0.05) is 12.7 Å². The van der Waals surface area contributed by atoms with Gasteiger partial charge in [-0.1, -0.05) is 0 Å². The largest absolute Gasteiger partial charge is 0.372 e. The third-order valence-electron chi connectivity index (χ3n) is 2.53. The van der Waals surface area contributed by atoms with Crippen LogP contribution in [0.1, 0.15) is 18.4 Å². The Hall–Kier alpha value is -0.450. The van der Waals surface area contributed by atoms with E-state index in [0.717, 1.165) is 17.7 Å². The number of ether oxygens (including phenoxy) is 1. The van der Waals surface area contributed by atoms with Crippen molar-refractivity contribution in [1.82, 2.24) is 10.3 Å². The molecule has 1 aliphatic heterocycles. The number of piperidine rings is 1. The van der Waals surface area contributed by atoms with E-state index in [1.165, 1.54) is 18.4 Å². The highest BCUT2D eigenvalue weighted by molar-refractivity contribution is 9.10. The average Bonchev–Trinajstić information content (AvgIpc) is 2.28. The topological polar surface area (TPSA) is 34.1 Å². The molecule has 1 aromatic heterocycles. The predicted molar refractivity (Wildman–Crippen MR) is 62.6 cm³/mol. The quantitative estimate of drug-likeness (QED) is 0.855. The molecule has 0 unspecified atom stereocenters. The summed E-state index contributed by atoms with van der Waals surface area (Å²) in [6.07, 6.45) is 4.54. The van der Waals surface area contributed by atoms with E-state index < -0.39 is 0 Å². The summed E-state index contributed by atoms with van der Waals surface area (Å²) >= 11 is 3.35. The predicted octanol–water partition coefficient (Wildman–Crippen LogP) is 2.11. The summed E-state index contributed by atoms with van der Waals surface area (Å²) < 4.78 is 6.68. The molecule has 1 atom stereocenters. The molecule has 2 heterocycles. The summed E-state index contributed by atoms with van der Waals surface area (Å²) in [6.45, 7) is 2.78. The molecule has 0 spiro atoms. The zero-order valence-electron chi connectivity index (χ0n) is 8.58. The van der Waals surface area contributed by atoms with Crippen molar-refractivity contribution in [3.8, 4) is 0 Å². The molecule has 0 saturated carbocycles. The van der Waals surface area contributed by atoms with Crippen molar-refractivity contribution in [1.29, 1.82) is 0 Å². The fraction of sp³-hybridized carbons (Fsp3) is 0.545. The van der Waals surface area contributed by atoms with Crippen LogP contribution < -0.4 is 5.32 Å². The lowest BCUT2D eigenvalue weighted by atomic mass is 10.1. The van der Waals surface area contributed by atoms with Crippen molar-refractivity contribution in [3.63, 3.8) is 0 Å². The molecule has 0 radical (unpaired) electrons. The molecule has 0 bridgehead atoms. The molecular formula is C11H15BrN2O. The van der Waals surface area contributed by atoms with Crippen LogP contribution in [0.4, 0.5) is 0 Å². The van der Waals surface area contributed by atoms with E-state index in [1.54, 1.807) is 6.20 Å². The number of nitrogens with zero attached hydrogens (tertiary/aromatic N) is 1. The van der Waals surface area contributed by atoms with Crippen LogP contribution in [0.2, 0.25) is 0 Å². The highest BCUT2D eigenvalue weighted by atomic mass is 79.9. The fourth-order valence-electron chi connectivity index (χ4n) is 1.71. The number of pyridine rings is 1. The fourth-order valence-corrected chi connectivity index (χ4v) is 2.12. The van der Waals surface area contributed by atoms with Gasteiger partial charge in [0.25, 0.3) is 0 Å². The van der Waals surface area contributed by atoms with Gasteiger partial charge in [-0.05, 0) is 53.0 Å². The number of halogens is 1. The van der Waals surface area contributed by atoms with E-state index >= 15 is 0 Å². The lowest BCUT2D eigenvalue weighted by Crippen LogP contribution is -2.35. The van der Waals surface area contributed by atoms with Crippen LogP contribution in [-0.2, 0) is 11.3 Å². The number of rotatable bonds is 3. The van der Waals surface area contributed by atoms with Gasteiger partial charge in [0.15, 0.2) is 0 Å². The van der Waals surface area contributed by atoms with Crippen LogP contribution in [0.3, 0.4) is 0 Å². The van der Waals surface area contributed by atoms with Crippen molar-refractivity contribution >= 4 is 15.9 Å². The molecule has 1 fully saturated rings. The molecule has 1 aromatic rings. The Morgan fingerprint density at radius 3 is 3.27 bits per heavy atom. The van der Waals surface area contributed by atoms with E-state index in [2.05, 4.69) is 26.2 Å². The van der Waals surface area contributed by atoms with Gasteiger partial charge >= 0.3 is 0 Å². The normalized spacial score (nSPS) is 21.5. The van der Waals surface area contributed by atoms with Gasteiger partial charge in [-0.25, -0.2) is 4.98 Å². The zero-order valence-corrected chi connectivity index (χ0v) is 10.2. The molecule has 4 heteroatoms. The standard InChI is InChI=1S/C11H15BrN2O/c12-11-6-9(3-5-14-11)8-15-10-2-1-4-13-7-10/h3,5-6,10,13H,1-2,4,7-8H2/t10-/m1/s1. The van der Waals surface area contributed by atoms with Crippen LogP contribution in [0.5, 0.6) is 0 Å². The second-order valence-electron chi connectivity index (χ2n) is 3.77. The molecule has 82 valence electrons. The summed E-state index contributed by atoms with van der Waals surface area (Å²) in [4.78, 5) is 4.08. The van der Waals surface area contributed by atoms with Gasteiger partial charge in [-0.15, -0.1) is 0 Å². The maximum Gasteiger partial charge on any atom is 0.106 e. The summed E-state index contributed by atoms with van der Waals surface area (Å²) in [7, 11) is 0. The summed E-state index contributed by atoms with van der Waals surface area (Å²) in [5.41, 5.74) is 1.17. The van der Waals surface area contributed by atoms with Crippen LogP contribution >= 0.6 is 15.9 Å². The Morgan fingerprint density at radius 2 is 2.53 bits per heavy atom. The Labute approximate surface area is 98.4 Å². The first-order valence-electron chi connectivity index (χ1n) is 5.27. The van der Waals surface area contributed by atoms with Gasteiger partial charge in [0.1, 0.15) is 4.60 Å². The average molecular weight is 271 g/mol. The molecule has 1 N–H and O–H groups in total. The minimum absolute atomic E-state index is 0.366. The molecule has 3 nitrogen and oxygen atoms in total. The SMILES string of the molecule is Brc1cc(CO[C@@H]2CCCNC2)ccn1. The molecule has 2 rings (SSSR count). The second-order valence-corrected chi connectivity index (χ2v) is 4.58. The van der Waals surface area contributed by atoms with Gasteiger partial charge in [0.05, 0.1) is 12.7 Å². The second kappa shape index (κ2) is 5.58. The van der Waals surface area contributed by atoms with Crippen molar-refractivity contribution in [3.05, 3.63) is 28.5 Å². The van der Waals surface area contributed by atoms with Crippen LogP contribution in [0.25, 0.3) is 0 Å². The highest BCUT2D eigenvalue weighted by Gasteiger charge is 2.12. The Kier molecular flexibility index (Phi) is 4.11. The summed E-state index contributed by atoms with van der Waals surface area (Å²) in [5.74, 6) is 0. The van der Waals surface area contributed by atoms with Gasteiger partial charge in [-0.3, -0.25) is 0 Å². The maximum atomic E-state index is 5.81. The smallest absolute Gasteiger partial charge is 0.106 e. The van der Waals surface area contributed by atoms with E-state index in [9.17, 15) is 0 Å². The molecule has 15 heavy (non-hydrogen) atoms. The van der Waals surface area contributed by atoms with E-state index in [-0.39, 0.29) is 0 Å². The number of nitrogens with one attached hydrogen (secondary N) is 1. The highest BCUT2D eigenvalue weighted by Crippen LogP contribution is 2.12. The number of hydrogen-bond donors (Lipinski definition) is 1. The lowest BCUT2D eigenvalue weighted by Gasteiger charge is -2.23. The van der Waals surface area contributed by atoms with Gasteiger partial charge < -0.3 is 10.1 Å². The Morgan fingerprint density at radius 1 is 1.60 bits per heavy atom. The third-order valence-corrected chi connectivity index (χ3v) is 2.96. The third kappa shape index (κ3) is 3.55. The molecule has 0 amide bonds. The van der Waals surface area contributed by atoms with Gasteiger partial charge in [0.2, 0.25) is 0 Å². The van der Waals surface area contributed by atoms with E-state index in [4.69, 9.17) is 4.74 Å². The first kappa shape index (κ1) is 11.0. The maximum absolute atomic E-state index is 5.81. The minimum atomic E-state index is 0.366. The van der Waals surface area contributed by atoms with Crippen molar-refractivity contribution < 1.29 is 4.74 Å². The lowest BCUT2D eigenvalue weighted by molar-refractivity contribution is 0.0252. The minimum Gasteiger partial charge on any atom is -0.372 e. The summed E-state index contributed by atoms with van der Waals surface area (Å²) in [5, 5.41) is 3.34. The monoisotopic (exact) mass is 270 g/mol. The molecule has 1 saturated heterocycles. The van der Waals surface area contributed by atoms with Crippen LogP contribution in [0.15, 0.2) is 22.9 Å². The van der Waals surface area contributed by atoms with Crippen LogP contribution in [-0.4, -0.2) is 24.2 Å². The first-order valence-corrected chi connectivity index (χ1v) is 6.06. The molecular weight excluding hydrogens is 256 g/mol. The Bertz CT molecular complexity index is 313. The molecule has 1 aliphatic rings. The number of hydrogen-bond acceptors (Lipinski definition) is 3. The van der Waals surface area contributed by atoms with Gasteiger partial charge in [-0.2, -0.15) is 0 Å². The zero-order chi connectivity index (χ0) is 10.5.